The van der Waals surface area contributed by atoms with E-state index in [1.807, 2.05) is 61.7 Å². The van der Waals surface area contributed by atoms with Crippen LogP contribution in [0.15, 0.2) is 60.9 Å². The summed E-state index contributed by atoms with van der Waals surface area (Å²) < 4.78 is 1.78. The maximum absolute atomic E-state index is 4.71. The van der Waals surface area contributed by atoms with Crippen molar-refractivity contribution in [2.45, 2.75) is 6.92 Å². The Morgan fingerprint density at radius 1 is 1.07 bits per heavy atom. The van der Waals surface area contributed by atoms with Gasteiger partial charge in [-0.25, -0.2) is 14.5 Å². The number of hydrogen-bond acceptors (Lipinski definition) is 3. The largest absolute Gasteiger partial charge is 0.346 e. The molecule has 4 aromatic heterocycles. The van der Waals surface area contributed by atoms with Gasteiger partial charge >= 0.3 is 0 Å². The zero-order valence-corrected chi connectivity index (χ0v) is 14.6. The Balaban J connectivity index is 1.62. The first-order valence-corrected chi connectivity index (χ1v) is 8.56. The van der Waals surface area contributed by atoms with Gasteiger partial charge in [-0.15, -0.1) is 0 Å². The number of hydrogen-bond donors (Lipinski definition) is 1. The van der Waals surface area contributed by atoms with Crippen LogP contribution in [0.4, 0.5) is 0 Å². The molecule has 0 saturated carbocycles. The van der Waals surface area contributed by atoms with Crippen molar-refractivity contribution in [2.75, 3.05) is 0 Å². The maximum atomic E-state index is 4.71. The van der Waals surface area contributed by atoms with Gasteiger partial charge in [0.1, 0.15) is 11.3 Å². The van der Waals surface area contributed by atoms with Crippen molar-refractivity contribution in [2.24, 2.45) is 0 Å². The molecule has 0 aliphatic carbocycles. The molecule has 0 aliphatic heterocycles. The molecule has 4 heterocycles. The van der Waals surface area contributed by atoms with Crippen LogP contribution in [-0.2, 0) is 0 Å². The van der Waals surface area contributed by atoms with Gasteiger partial charge in [0.2, 0.25) is 0 Å². The van der Waals surface area contributed by atoms with E-state index in [9.17, 15) is 0 Å². The first-order chi connectivity index (χ1) is 13.3. The van der Waals surface area contributed by atoms with E-state index in [1.165, 1.54) is 0 Å². The number of fused-ring (bicyclic) bond motifs is 2. The molecule has 0 aliphatic rings. The molecule has 0 fully saturated rings. The van der Waals surface area contributed by atoms with Crippen molar-refractivity contribution in [1.82, 2.24) is 24.6 Å². The summed E-state index contributed by atoms with van der Waals surface area (Å²) in [5, 5.41) is 5.72. The quantitative estimate of drug-likeness (QED) is 0.469. The normalized spacial score (nSPS) is 10.9. The van der Waals surface area contributed by atoms with Gasteiger partial charge in [-0.1, -0.05) is 30.2 Å². The van der Waals surface area contributed by atoms with E-state index in [1.54, 1.807) is 10.7 Å². The SMILES string of the molecule is Cc1cc(C#Cc2cnc3ccc(-c4cc[c]cc4)nn23)c2cc[nH]c2n1. The summed E-state index contributed by atoms with van der Waals surface area (Å²) in [6.07, 6.45) is 3.63. The second-order valence-electron chi connectivity index (χ2n) is 6.22. The Labute approximate surface area is 155 Å². The van der Waals surface area contributed by atoms with Crippen LogP contribution in [0.2, 0.25) is 0 Å². The topological polar surface area (TPSA) is 58.9 Å². The minimum atomic E-state index is 0.743. The second kappa shape index (κ2) is 6.11. The molecule has 1 radical (unpaired) electrons. The number of aromatic nitrogens is 5. The fourth-order valence-corrected chi connectivity index (χ4v) is 3.07. The van der Waals surface area contributed by atoms with Gasteiger partial charge in [0.15, 0.2) is 5.65 Å². The van der Waals surface area contributed by atoms with Gasteiger partial charge in [-0.05, 0) is 43.2 Å². The fraction of sp³-hybridized carbons (Fsp3) is 0.0455. The molecule has 5 rings (SSSR count). The number of rotatable bonds is 1. The maximum Gasteiger partial charge on any atom is 0.154 e. The van der Waals surface area contributed by atoms with E-state index >= 15 is 0 Å². The van der Waals surface area contributed by atoms with E-state index < -0.39 is 0 Å². The number of imidazole rings is 1. The number of aromatic amines is 1. The molecule has 1 N–H and O–H groups in total. The predicted molar refractivity (Wildman–Crippen MR) is 104 cm³/mol. The first kappa shape index (κ1) is 15.4. The average molecular weight is 348 g/mol. The van der Waals surface area contributed by atoms with E-state index in [2.05, 4.69) is 32.9 Å². The summed E-state index contributed by atoms with van der Waals surface area (Å²) in [6, 6.07) is 18.6. The van der Waals surface area contributed by atoms with Crippen LogP contribution in [0, 0.1) is 24.8 Å². The fourth-order valence-electron chi connectivity index (χ4n) is 3.07. The Morgan fingerprint density at radius 2 is 1.96 bits per heavy atom. The number of pyridine rings is 1. The van der Waals surface area contributed by atoms with E-state index in [-0.39, 0.29) is 0 Å². The van der Waals surface area contributed by atoms with Crippen molar-refractivity contribution >= 4 is 16.7 Å². The van der Waals surface area contributed by atoms with Gasteiger partial charge < -0.3 is 4.98 Å². The molecular weight excluding hydrogens is 334 g/mol. The highest BCUT2D eigenvalue weighted by Crippen LogP contribution is 2.18. The summed E-state index contributed by atoms with van der Waals surface area (Å²) in [5.41, 5.74) is 6.11. The summed E-state index contributed by atoms with van der Waals surface area (Å²) >= 11 is 0. The Kier molecular flexibility index (Phi) is 3.48. The zero-order valence-electron chi connectivity index (χ0n) is 14.6. The van der Waals surface area contributed by atoms with Crippen molar-refractivity contribution in [1.29, 1.82) is 0 Å². The van der Waals surface area contributed by atoms with Gasteiger partial charge in [-0.3, -0.25) is 0 Å². The van der Waals surface area contributed by atoms with Crippen molar-refractivity contribution in [3.05, 3.63) is 83.9 Å². The lowest BCUT2D eigenvalue weighted by atomic mass is 10.1. The molecule has 0 bridgehead atoms. The molecule has 0 saturated heterocycles. The van der Waals surface area contributed by atoms with Crippen LogP contribution in [0.25, 0.3) is 27.9 Å². The van der Waals surface area contributed by atoms with Gasteiger partial charge in [-0.2, -0.15) is 5.10 Å². The standard InChI is InChI=1S/C22H14N5/c1-15-13-17(19-11-12-23-22(19)25-15)7-8-18-14-24-21-10-9-20(26-27(18)21)16-5-3-2-4-6-16/h3-6,9-14H,1H3,(H,23,25). The summed E-state index contributed by atoms with van der Waals surface area (Å²) in [4.78, 5) is 12.0. The van der Waals surface area contributed by atoms with Gasteiger partial charge in [0.05, 0.1) is 11.9 Å². The number of H-pyrrole nitrogens is 1. The second-order valence-corrected chi connectivity index (χ2v) is 6.22. The summed E-state index contributed by atoms with van der Waals surface area (Å²) in [5.74, 6) is 6.46. The summed E-state index contributed by atoms with van der Waals surface area (Å²) in [7, 11) is 0. The van der Waals surface area contributed by atoms with Gasteiger partial charge in [0.25, 0.3) is 0 Å². The molecule has 5 heteroatoms. The third kappa shape index (κ3) is 2.74. The number of benzene rings is 1. The monoisotopic (exact) mass is 348 g/mol. The Morgan fingerprint density at radius 3 is 2.85 bits per heavy atom. The van der Waals surface area contributed by atoms with Crippen molar-refractivity contribution in [3.8, 4) is 23.1 Å². The third-order valence-electron chi connectivity index (χ3n) is 4.36. The molecule has 1 aromatic carbocycles. The smallest absolute Gasteiger partial charge is 0.154 e. The van der Waals surface area contributed by atoms with E-state index in [0.29, 0.717) is 0 Å². The van der Waals surface area contributed by atoms with Crippen LogP contribution in [0.1, 0.15) is 17.0 Å². The molecule has 0 amide bonds. The van der Waals surface area contributed by atoms with Crippen molar-refractivity contribution in [3.63, 3.8) is 0 Å². The van der Waals surface area contributed by atoms with Crippen LogP contribution < -0.4 is 0 Å². The van der Waals surface area contributed by atoms with Crippen LogP contribution in [0.3, 0.4) is 0 Å². The highest BCUT2D eigenvalue weighted by Gasteiger charge is 2.06. The lowest BCUT2D eigenvalue weighted by Gasteiger charge is -2.01. The zero-order chi connectivity index (χ0) is 18.2. The first-order valence-electron chi connectivity index (χ1n) is 8.56. The molecule has 5 nitrogen and oxygen atoms in total. The minimum absolute atomic E-state index is 0.743. The molecule has 0 spiro atoms. The molecule has 0 unspecified atom stereocenters. The molecule has 0 atom stereocenters. The molecule has 127 valence electrons. The Hall–Kier alpha value is -3.91. The lowest BCUT2D eigenvalue weighted by Crippen LogP contribution is -1.97. The predicted octanol–water partition coefficient (Wildman–Crippen LogP) is 3.78. The molecular formula is C22H14N5. The number of aryl methyl sites for hydroxylation is 1. The Bertz CT molecular complexity index is 1330. The number of nitrogens with one attached hydrogen (secondary N) is 1. The van der Waals surface area contributed by atoms with Crippen LogP contribution >= 0.6 is 0 Å². The van der Waals surface area contributed by atoms with E-state index in [4.69, 9.17) is 5.10 Å². The summed E-state index contributed by atoms with van der Waals surface area (Å²) in [6.45, 7) is 1.96. The van der Waals surface area contributed by atoms with Crippen LogP contribution in [0.5, 0.6) is 0 Å². The average Bonchev–Trinajstić information content (AvgIpc) is 3.33. The van der Waals surface area contributed by atoms with Crippen LogP contribution in [-0.4, -0.2) is 24.6 Å². The van der Waals surface area contributed by atoms with E-state index in [0.717, 1.165) is 44.9 Å². The third-order valence-corrected chi connectivity index (χ3v) is 4.36. The molecule has 5 aromatic rings. The van der Waals surface area contributed by atoms with Crippen molar-refractivity contribution < 1.29 is 0 Å². The number of nitrogens with zero attached hydrogens (tertiary/aromatic N) is 4. The van der Waals surface area contributed by atoms with Gasteiger partial charge in [0, 0.05) is 28.4 Å². The lowest BCUT2D eigenvalue weighted by molar-refractivity contribution is 0.930. The minimum Gasteiger partial charge on any atom is -0.346 e. The molecule has 27 heavy (non-hydrogen) atoms. The highest BCUT2D eigenvalue weighted by atomic mass is 15.3. The highest BCUT2D eigenvalue weighted by molar-refractivity contribution is 5.83.